The predicted octanol–water partition coefficient (Wildman–Crippen LogP) is 3.39. The molecule has 0 aromatic carbocycles. The highest BCUT2D eigenvalue weighted by molar-refractivity contribution is 5.77. The van der Waals surface area contributed by atoms with Crippen LogP contribution in [0.1, 0.15) is 42.2 Å². The van der Waals surface area contributed by atoms with Gasteiger partial charge in [0.05, 0.1) is 6.04 Å². The summed E-state index contributed by atoms with van der Waals surface area (Å²) in [5, 5.41) is 3.42. The first-order chi connectivity index (χ1) is 12.1. The quantitative estimate of drug-likeness (QED) is 0.714. The van der Waals surface area contributed by atoms with E-state index in [1.807, 2.05) is 0 Å². The zero-order valence-corrected chi connectivity index (χ0v) is 13.5. The molecule has 3 rings (SSSR count). The molecule has 0 spiro atoms. The van der Waals surface area contributed by atoms with Crippen molar-refractivity contribution in [3.8, 4) is 0 Å². The Kier molecular flexibility index (Phi) is 4.24. The summed E-state index contributed by atoms with van der Waals surface area (Å²) >= 11 is 0. The highest BCUT2D eigenvalue weighted by Gasteiger charge is 2.32. The molecular formula is C15H12F5N5O. The van der Waals surface area contributed by atoms with Gasteiger partial charge in [-0.3, -0.25) is 9.78 Å². The highest BCUT2D eigenvalue weighted by Crippen LogP contribution is 2.30. The van der Waals surface area contributed by atoms with E-state index in [0.717, 1.165) is 16.9 Å². The minimum Gasteiger partial charge on any atom is -0.310 e. The van der Waals surface area contributed by atoms with Crippen LogP contribution in [0.2, 0.25) is 0 Å². The third kappa shape index (κ3) is 3.04. The zero-order valence-electron chi connectivity index (χ0n) is 13.5. The normalized spacial score (nSPS) is 13.5. The second-order valence-electron chi connectivity index (χ2n) is 5.63. The van der Waals surface area contributed by atoms with Gasteiger partial charge in [-0.25, -0.2) is 18.4 Å². The molecule has 26 heavy (non-hydrogen) atoms. The number of hydrogen-bond acceptors (Lipinski definition) is 4. The number of hydrogen-bond donors (Lipinski definition) is 1. The molecule has 3 heterocycles. The predicted molar refractivity (Wildman–Crippen MR) is 80.9 cm³/mol. The monoisotopic (exact) mass is 373 g/mol. The van der Waals surface area contributed by atoms with Crippen LogP contribution >= 0.6 is 0 Å². The number of alkyl halides is 5. The van der Waals surface area contributed by atoms with Crippen molar-refractivity contribution in [3.05, 3.63) is 51.5 Å². The molecule has 1 N–H and O–H groups in total. The van der Waals surface area contributed by atoms with Crippen molar-refractivity contribution in [2.24, 2.45) is 0 Å². The molecule has 0 saturated carbocycles. The van der Waals surface area contributed by atoms with Gasteiger partial charge in [-0.2, -0.15) is 18.3 Å². The van der Waals surface area contributed by atoms with E-state index in [2.05, 4.69) is 20.1 Å². The molecule has 3 aromatic rings. The van der Waals surface area contributed by atoms with Crippen molar-refractivity contribution in [2.45, 2.75) is 32.5 Å². The Morgan fingerprint density at radius 3 is 2.46 bits per heavy atom. The number of halogens is 5. The van der Waals surface area contributed by atoms with E-state index in [4.69, 9.17) is 0 Å². The minimum atomic E-state index is -4.59. The summed E-state index contributed by atoms with van der Waals surface area (Å²) in [6.07, 6.45) is -6.61. The summed E-state index contributed by atoms with van der Waals surface area (Å²) in [6.45, 7) is 3.01. The minimum absolute atomic E-state index is 0.0750. The fourth-order valence-electron chi connectivity index (χ4n) is 2.57. The summed E-state index contributed by atoms with van der Waals surface area (Å²) in [7, 11) is 0. The fraction of sp³-hybridized carbons (Fsp3) is 0.333. The number of nitrogens with one attached hydrogen (secondary N) is 1. The number of aromatic nitrogens is 5. The van der Waals surface area contributed by atoms with Crippen LogP contribution < -0.4 is 5.56 Å². The second-order valence-corrected chi connectivity index (χ2v) is 5.63. The summed E-state index contributed by atoms with van der Waals surface area (Å²) in [5.41, 5.74) is -2.35. The van der Waals surface area contributed by atoms with Gasteiger partial charge in [-0.1, -0.05) is 6.07 Å². The number of nitrogens with zero attached hydrogens (tertiary/aromatic N) is 4. The second kappa shape index (κ2) is 6.15. The Morgan fingerprint density at radius 2 is 1.92 bits per heavy atom. The maximum Gasteiger partial charge on any atom is 0.433 e. The molecule has 1 atom stereocenters. The van der Waals surface area contributed by atoms with Crippen LogP contribution in [-0.4, -0.2) is 24.7 Å². The standard InChI is InChI=1S/C15H12F5N5O/c1-6(8-3-4-9(21-5-8)15(18,19)20)25-13-10(11(24-25)12(16)17)14(26)23-7(2)22-13/h3-6,12H,1-2H3,(H,22,23,26)/t6-/m0/s1. The molecule has 138 valence electrons. The Labute approximate surface area is 142 Å². The molecule has 0 radical (unpaired) electrons. The Hall–Kier alpha value is -2.85. The third-order valence-electron chi connectivity index (χ3n) is 3.84. The van der Waals surface area contributed by atoms with Crippen LogP contribution in [0, 0.1) is 6.92 Å². The Balaban J connectivity index is 2.14. The number of rotatable bonds is 3. The zero-order chi connectivity index (χ0) is 19.2. The van der Waals surface area contributed by atoms with Crippen LogP contribution in [0.25, 0.3) is 11.0 Å². The van der Waals surface area contributed by atoms with Crippen molar-refractivity contribution >= 4 is 11.0 Å². The highest BCUT2D eigenvalue weighted by atomic mass is 19.4. The topological polar surface area (TPSA) is 76.5 Å². The number of H-pyrrole nitrogens is 1. The lowest BCUT2D eigenvalue weighted by Crippen LogP contribution is -2.14. The van der Waals surface area contributed by atoms with Crippen molar-refractivity contribution < 1.29 is 22.0 Å². The van der Waals surface area contributed by atoms with Crippen LogP contribution in [0.3, 0.4) is 0 Å². The van der Waals surface area contributed by atoms with Crippen LogP contribution in [-0.2, 0) is 6.18 Å². The summed E-state index contributed by atoms with van der Waals surface area (Å²) in [6, 6.07) is 1.20. The molecule has 6 nitrogen and oxygen atoms in total. The average molecular weight is 373 g/mol. The summed E-state index contributed by atoms with van der Waals surface area (Å²) < 4.78 is 65.4. The number of aromatic amines is 1. The first-order valence-corrected chi connectivity index (χ1v) is 7.40. The number of fused-ring (bicyclic) bond motifs is 1. The fourth-order valence-corrected chi connectivity index (χ4v) is 2.57. The SMILES string of the molecule is Cc1nc2c(c(C(F)F)nn2[C@@H](C)c2ccc(C(F)(F)F)nc2)c(=O)[nH]1. The molecule has 0 amide bonds. The molecule has 0 aliphatic heterocycles. The van der Waals surface area contributed by atoms with Gasteiger partial charge in [-0.15, -0.1) is 0 Å². The van der Waals surface area contributed by atoms with Crippen LogP contribution in [0.4, 0.5) is 22.0 Å². The van der Waals surface area contributed by atoms with Crippen molar-refractivity contribution in [2.75, 3.05) is 0 Å². The van der Waals surface area contributed by atoms with Gasteiger partial charge in [0.2, 0.25) is 0 Å². The van der Waals surface area contributed by atoms with E-state index in [9.17, 15) is 26.7 Å². The number of pyridine rings is 1. The Bertz CT molecular complexity index is 1010. The first-order valence-electron chi connectivity index (χ1n) is 7.40. The molecule has 3 aromatic heterocycles. The van der Waals surface area contributed by atoms with Gasteiger partial charge < -0.3 is 4.98 Å². The third-order valence-corrected chi connectivity index (χ3v) is 3.84. The van der Waals surface area contributed by atoms with Crippen molar-refractivity contribution in [1.82, 2.24) is 24.7 Å². The van der Waals surface area contributed by atoms with E-state index in [0.29, 0.717) is 5.56 Å². The molecule has 11 heteroatoms. The molecule has 0 aliphatic carbocycles. The summed E-state index contributed by atoms with van der Waals surface area (Å²) in [4.78, 5) is 21.8. The lowest BCUT2D eigenvalue weighted by Gasteiger charge is -2.14. The number of aryl methyl sites for hydroxylation is 1. The van der Waals surface area contributed by atoms with Gasteiger partial charge in [0, 0.05) is 6.20 Å². The van der Waals surface area contributed by atoms with E-state index < -0.39 is 35.6 Å². The largest absolute Gasteiger partial charge is 0.433 e. The van der Waals surface area contributed by atoms with Gasteiger partial charge in [0.15, 0.2) is 5.65 Å². The molecule has 0 unspecified atom stereocenters. The molecule has 0 fully saturated rings. The van der Waals surface area contributed by atoms with E-state index in [1.165, 1.54) is 19.9 Å². The van der Waals surface area contributed by atoms with Gasteiger partial charge >= 0.3 is 6.18 Å². The lowest BCUT2D eigenvalue weighted by atomic mass is 10.1. The van der Waals surface area contributed by atoms with E-state index >= 15 is 0 Å². The van der Waals surface area contributed by atoms with Crippen molar-refractivity contribution in [3.63, 3.8) is 0 Å². The lowest BCUT2D eigenvalue weighted by molar-refractivity contribution is -0.141. The van der Waals surface area contributed by atoms with Crippen molar-refractivity contribution in [1.29, 1.82) is 0 Å². The van der Waals surface area contributed by atoms with Gasteiger partial charge in [-0.05, 0) is 25.5 Å². The molecule has 0 saturated heterocycles. The smallest absolute Gasteiger partial charge is 0.310 e. The van der Waals surface area contributed by atoms with E-state index in [1.54, 1.807) is 0 Å². The molecular weight excluding hydrogens is 361 g/mol. The maximum absolute atomic E-state index is 13.2. The molecule has 0 aliphatic rings. The average Bonchev–Trinajstić information content (AvgIpc) is 2.93. The Morgan fingerprint density at radius 1 is 1.23 bits per heavy atom. The maximum atomic E-state index is 13.2. The van der Waals surface area contributed by atoms with E-state index in [-0.39, 0.29) is 16.9 Å². The summed E-state index contributed by atoms with van der Waals surface area (Å²) in [5.74, 6) is 0.196. The van der Waals surface area contributed by atoms with Gasteiger partial charge in [0.25, 0.3) is 12.0 Å². The molecule has 0 bridgehead atoms. The van der Waals surface area contributed by atoms with Gasteiger partial charge in [0.1, 0.15) is 22.6 Å². The van der Waals surface area contributed by atoms with Crippen LogP contribution in [0.5, 0.6) is 0 Å². The first kappa shape index (κ1) is 18.0. The van der Waals surface area contributed by atoms with Crippen LogP contribution in [0.15, 0.2) is 23.1 Å².